The minimum Gasteiger partial charge on any atom is -0.379 e. The molecule has 0 aromatic carbocycles. The van der Waals surface area contributed by atoms with E-state index < -0.39 is 8.85 Å². The normalized spacial score (nSPS) is 23.4. The quantitative estimate of drug-likeness (QED) is 0.270. The van der Waals surface area contributed by atoms with Gasteiger partial charge in [-0.25, -0.2) is 52.8 Å². The van der Waals surface area contributed by atoms with Crippen LogP contribution >= 0.6 is 8.85 Å². The largest absolute Gasteiger partial charge is 0.379 e. The summed E-state index contributed by atoms with van der Waals surface area (Å²) in [7, 11) is -5.01. The lowest BCUT2D eigenvalue weighted by Crippen LogP contribution is -2.75. The minimum absolute atomic E-state index is 0.166. The molecular weight excluding hydrogens is 641 g/mol. The number of piperidine rings is 1. The molecule has 4 fully saturated rings. The Kier molecular flexibility index (Phi) is 8.84. The maximum absolute atomic E-state index is 6.39. The predicted octanol–water partition coefficient (Wildman–Crippen LogP) is 3.58. The van der Waals surface area contributed by atoms with Crippen LogP contribution in [-0.2, 0) is 9.47 Å². The highest BCUT2D eigenvalue weighted by Gasteiger charge is 2.82. The van der Waals surface area contributed by atoms with Gasteiger partial charge in [0.25, 0.3) is 0 Å². The first-order valence-corrected chi connectivity index (χ1v) is 20.0. The second-order valence-electron chi connectivity index (χ2n) is 13.0. The molecule has 4 aliphatic heterocycles. The zero-order valence-corrected chi connectivity index (χ0v) is 28.8. The van der Waals surface area contributed by atoms with Gasteiger partial charge < -0.3 is 14.8 Å². The molecule has 8 heterocycles. The molecule has 0 spiro atoms. The van der Waals surface area contributed by atoms with E-state index in [-0.39, 0.29) is 6.10 Å². The lowest BCUT2D eigenvalue weighted by Gasteiger charge is -2.87. The number of nitrogens with zero attached hydrogens (tertiary/aromatic N) is 11. The van der Waals surface area contributed by atoms with Gasteiger partial charge in [-0.2, -0.15) is 0 Å². The highest BCUT2D eigenvalue weighted by atomic mass is 32.4. The number of aromatic nitrogens is 8. The van der Waals surface area contributed by atoms with Gasteiger partial charge in [0.1, 0.15) is 5.69 Å². The minimum atomic E-state index is -5.01. The summed E-state index contributed by atoms with van der Waals surface area (Å²) in [5, 5.41) is 5.47. The van der Waals surface area contributed by atoms with Gasteiger partial charge in [0.15, 0.2) is 5.82 Å². The van der Waals surface area contributed by atoms with E-state index in [9.17, 15) is 0 Å². The Morgan fingerprint density at radius 1 is 0.592 bits per heavy atom. The summed E-state index contributed by atoms with van der Waals surface area (Å²) >= 11 is 0. The molecule has 15 heteroatoms. The van der Waals surface area contributed by atoms with Crippen LogP contribution in [-0.4, -0.2) is 125 Å². The molecule has 0 amide bonds. The fraction of sp³-hybridized carbons (Fsp3) is 0.529. The third kappa shape index (κ3) is 4.49. The zero-order valence-electron chi connectivity index (χ0n) is 28.0. The molecule has 260 valence electrons. The van der Waals surface area contributed by atoms with E-state index in [2.05, 4.69) is 18.2 Å². The highest BCUT2D eigenvalue weighted by molar-refractivity contribution is 8.59. The van der Waals surface area contributed by atoms with E-state index in [1.807, 2.05) is 49.2 Å². The first kappa shape index (κ1) is 32.6. The van der Waals surface area contributed by atoms with Gasteiger partial charge in [0, 0.05) is 108 Å². The maximum atomic E-state index is 6.39. The molecule has 0 aliphatic carbocycles. The van der Waals surface area contributed by atoms with Crippen LogP contribution in [0.15, 0.2) is 77.0 Å². The molecular formula is C34H46N12O2S. The van der Waals surface area contributed by atoms with Crippen molar-refractivity contribution in [3.05, 3.63) is 67.1 Å². The number of morpholine rings is 1. The molecule has 14 nitrogen and oxygen atoms in total. The van der Waals surface area contributed by atoms with Crippen molar-refractivity contribution in [1.29, 1.82) is 0 Å². The van der Waals surface area contributed by atoms with Gasteiger partial charge in [-0.1, -0.05) is 6.42 Å². The number of hydrogen-bond acceptors (Lipinski definition) is 14. The Labute approximate surface area is 286 Å². The molecule has 0 bridgehead atoms. The fourth-order valence-electron chi connectivity index (χ4n) is 8.63. The topological polar surface area (TPSA) is 143 Å². The van der Waals surface area contributed by atoms with E-state index in [1.165, 1.54) is 0 Å². The molecule has 8 rings (SSSR count). The van der Waals surface area contributed by atoms with Crippen LogP contribution in [0.5, 0.6) is 0 Å². The van der Waals surface area contributed by atoms with Crippen LogP contribution in [0.3, 0.4) is 0 Å². The Balaban J connectivity index is 1.61. The molecule has 0 saturated carbocycles. The molecule has 1 unspecified atom stereocenters. The smallest absolute Gasteiger partial charge is 0.203 e. The number of ether oxygens (including phenoxy) is 2. The van der Waals surface area contributed by atoms with Crippen molar-refractivity contribution in [2.45, 2.75) is 60.1 Å². The van der Waals surface area contributed by atoms with Gasteiger partial charge in [0.05, 0.1) is 19.3 Å². The van der Waals surface area contributed by atoms with Crippen LogP contribution in [0.4, 0.5) is 0 Å². The summed E-state index contributed by atoms with van der Waals surface area (Å²) in [5.74, 6) is 0.531. The number of rotatable bonds is 8. The second kappa shape index (κ2) is 13.3. The Hall–Kier alpha value is -3.57. The molecule has 4 aliphatic rings. The summed E-state index contributed by atoms with van der Waals surface area (Å²) in [5.41, 5.74) is 1.55. The van der Waals surface area contributed by atoms with Crippen LogP contribution in [0.2, 0.25) is 0 Å². The summed E-state index contributed by atoms with van der Waals surface area (Å²) in [6, 6.07) is 5.60. The third-order valence-corrected chi connectivity index (χ3v) is 18.7. The Morgan fingerprint density at radius 2 is 1.18 bits per heavy atom. The van der Waals surface area contributed by atoms with Crippen LogP contribution < -0.4 is 5.32 Å². The van der Waals surface area contributed by atoms with E-state index >= 15 is 0 Å². The molecule has 1 atom stereocenters. The van der Waals surface area contributed by atoms with E-state index in [0.29, 0.717) is 73.0 Å². The van der Waals surface area contributed by atoms with Crippen molar-refractivity contribution >= 4 is 8.85 Å². The monoisotopic (exact) mass is 686 g/mol. The van der Waals surface area contributed by atoms with Gasteiger partial charge in [0.2, 0.25) is 15.5 Å². The molecule has 0 radical (unpaired) electrons. The average Bonchev–Trinajstić information content (AvgIpc) is 3.21. The van der Waals surface area contributed by atoms with Crippen molar-refractivity contribution in [3.8, 4) is 11.5 Å². The third-order valence-electron chi connectivity index (χ3n) is 10.7. The standard InChI is InChI=1S/C34H46N12O2S/c1-3-18-44(19-4-1)49(32-38-12-7-13-39-32,33-40-14-8-15-41-33,45-20-16-35-17-21-45,46-22-25-47-26-23-46)34-42-27-28(29-9-2-5-24-48-29)30(43-34)31-36-10-6-11-37-31/h6-8,10-15,27,29,35H,1-5,9,16-26H2. The first-order chi connectivity index (χ1) is 24.3. The van der Waals surface area contributed by atoms with E-state index in [1.54, 1.807) is 12.4 Å². The number of piperazine rings is 1. The zero-order chi connectivity index (χ0) is 33.1. The molecule has 49 heavy (non-hydrogen) atoms. The van der Waals surface area contributed by atoms with E-state index in [0.717, 1.165) is 70.3 Å². The van der Waals surface area contributed by atoms with Crippen molar-refractivity contribution in [2.75, 3.05) is 72.2 Å². The second-order valence-corrected chi connectivity index (χ2v) is 18.4. The summed E-state index contributed by atoms with van der Waals surface area (Å²) in [6.45, 7) is 7.37. The lowest BCUT2D eigenvalue weighted by molar-refractivity contribution is 0.0147. The maximum Gasteiger partial charge on any atom is 0.203 e. The highest BCUT2D eigenvalue weighted by Crippen LogP contribution is 3.04. The van der Waals surface area contributed by atoms with Crippen molar-refractivity contribution in [2.24, 2.45) is 0 Å². The first-order valence-electron chi connectivity index (χ1n) is 17.7. The van der Waals surface area contributed by atoms with Crippen molar-refractivity contribution in [1.82, 2.24) is 58.1 Å². The molecule has 4 aromatic rings. The van der Waals surface area contributed by atoms with Crippen LogP contribution in [0.25, 0.3) is 11.5 Å². The fourth-order valence-corrected chi connectivity index (χ4v) is 17.2. The molecule has 1 N–H and O–H groups in total. The predicted molar refractivity (Wildman–Crippen MR) is 184 cm³/mol. The Bertz CT molecular complexity index is 1620. The van der Waals surface area contributed by atoms with Gasteiger partial charge in [-0.3, -0.25) is 0 Å². The molecule has 4 aromatic heterocycles. The number of hydrogen-bond donors (Lipinski definition) is 1. The van der Waals surface area contributed by atoms with E-state index in [4.69, 9.17) is 49.3 Å². The average molecular weight is 687 g/mol. The van der Waals surface area contributed by atoms with Gasteiger partial charge in [-0.05, 0) is 59.2 Å². The molecule has 4 saturated heterocycles. The van der Waals surface area contributed by atoms with Crippen molar-refractivity contribution < 1.29 is 9.47 Å². The lowest BCUT2D eigenvalue weighted by atomic mass is 10.0. The van der Waals surface area contributed by atoms with Gasteiger partial charge >= 0.3 is 0 Å². The number of nitrogens with one attached hydrogen (secondary N) is 1. The summed E-state index contributed by atoms with van der Waals surface area (Å²) < 4.78 is 20.3. The summed E-state index contributed by atoms with van der Waals surface area (Å²) in [4.78, 5) is 42.3. The Morgan fingerprint density at radius 3 is 1.80 bits per heavy atom. The van der Waals surface area contributed by atoms with Gasteiger partial charge in [-0.15, -0.1) is 0 Å². The van der Waals surface area contributed by atoms with Crippen LogP contribution in [0.1, 0.15) is 50.2 Å². The van der Waals surface area contributed by atoms with Crippen molar-refractivity contribution in [3.63, 3.8) is 0 Å². The summed E-state index contributed by atoms with van der Waals surface area (Å²) in [6.07, 6.45) is 18.9. The SMILES string of the molecule is c1cnc(-c2nc(S(c3ncccn3)(c3ncccn3)(N3CCCCC3)(N3CCNCC3)N3CCOCC3)ncc2C2CCCCO2)nc1. The van der Waals surface area contributed by atoms with Crippen LogP contribution in [0, 0.1) is 0 Å².